The number of ether oxygens (including phenoxy) is 2. The number of pyridine rings is 1. The lowest BCUT2D eigenvalue weighted by Gasteiger charge is -2.07. The smallest absolute Gasteiger partial charge is 0.145 e. The molecule has 0 aliphatic heterocycles. The molecule has 5 nitrogen and oxygen atoms in total. The van der Waals surface area contributed by atoms with Gasteiger partial charge in [-0.25, -0.2) is 4.98 Å². The second kappa shape index (κ2) is 5.44. The Morgan fingerprint density at radius 2 is 2.10 bits per heavy atom. The van der Waals surface area contributed by atoms with Gasteiger partial charge < -0.3 is 9.47 Å². The van der Waals surface area contributed by atoms with Crippen LogP contribution in [0.2, 0.25) is 0 Å². The number of fused-ring (bicyclic) bond motifs is 1. The van der Waals surface area contributed by atoms with Gasteiger partial charge in [-0.3, -0.25) is 4.68 Å². The lowest BCUT2D eigenvalue weighted by atomic mass is 10.2. The van der Waals surface area contributed by atoms with Gasteiger partial charge in [0, 0.05) is 18.1 Å². The second-order valence-corrected chi connectivity index (χ2v) is 4.89. The fraction of sp³-hybridized carbons (Fsp3) is 0.250. The van der Waals surface area contributed by atoms with Crippen LogP contribution in [-0.2, 0) is 13.7 Å². The maximum atomic E-state index is 5.76. The number of hydrogen-bond donors (Lipinski definition) is 0. The summed E-state index contributed by atoms with van der Waals surface area (Å²) in [7, 11) is 3.56. The summed E-state index contributed by atoms with van der Waals surface area (Å²) in [4.78, 5) is 4.41. The van der Waals surface area contributed by atoms with Crippen molar-refractivity contribution < 1.29 is 9.47 Å². The lowest BCUT2D eigenvalue weighted by Crippen LogP contribution is -1.99. The van der Waals surface area contributed by atoms with Crippen molar-refractivity contribution in [2.45, 2.75) is 13.5 Å². The predicted octanol–water partition coefficient (Wildman–Crippen LogP) is 2.86. The first-order valence-corrected chi connectivity index (χ1v) is 6.72. The molecule has 0 bridgehead atoms. The zero-order valence-corrected chi connectivity index (χ0v) is 12.3. The standard InChI is InChI=1S/C16H17N3O2/c1-11-7-13(18-19(11)2)10-21-14-8-12-5-4-6-15(20-3)16(12)17-9-14/h4-9H,10H2,1-3H3. The molecule has 0 N–H and O–H groups in total. The van der Waals surface area contributed by atoms with Crippen LogP contribution in [0.5, 0.6) is 11.5 Å². The summed E-state index contributed by atoms with van der Waals surface area (Å²) < 4.78 is 12.9. The molecule has 0 amide bonds. The van der Waals surface area contributed by atoms with E-state index in [1.165, 1.54) is 0 Å². The number of hydrogen-bond acceptors (Lipinski definition) is 4. The van der Waals surface area contributed by atoms with Gasteiger partial charge in [0.05, 0.1) is 13.3 Å². The molecule has 0 aliphatic rings. The van der Waals surface area contributed by atoms with Gasteiger partial charge >= 0.3 is 0 Å². The normalized spacial score (nSPS) is 10.8. The molecule has 108 valence electrons. The van der Waals surface area contributed by atoms with Gasteiger partial charge in [0.25, 0.3) is 0 Å². The summed E-state index contributed by atoms with van der Waals surface area (Å²) in [5, 5.41) is 5.36. The maximum Gasteiger partial charge on any atom is 0.145 e. The van der Waals surface area contributed by atoms with Gasteiger partial charge in [0.1, 0.15) is 29.3 Å². The second-order valence-electron chi connectivity index (χ2n) is 4.89. The molecule has 0 fully saturated rings. The van der Waals surface area contributed by atoms with E-state index < -0.39 is 0 Å². The van der Waals surface area contributed by atoms with Crippen molar-refractivity contribution in [3.05, 3.63) is 47.9 Å². The van der Waals surface area contributed by atoms with Crippen LogP contribution in [-0.4, -0.2) is 21.9 Å². The molecule has 0 unspecified atom stereocenters. The molecule has 1 aromatic carbocycles. The van der Waals surface area contributed by atoms with E-state index in [2.05, 4.69) is 10.1 Å². The van der Waals surface area contributed by atoms with Crippen molar-refractivity contribution >= 4 is 10.9 Å². The van der Waals surface area contributed by atoms with Crippen LogP contribution >= 0.6 is 0 Å². The molecule has 0 saturated carbocycles. The molecule has 0 aliphatic carbocycles. The number of aryl methyl sites for hydroxylation is 2. The fourth-order valence-electron chi connectivity index (χ4n) is 2.22. The van der Waals surface area contributed by atoms with Gasteiger partial charge in [-0.15, -0.1) is 0 Å². The summed E-state index contributed by atoms with van der Waals surface area (Å²) in [5.74, 6) is 1.48. The van der Waals surface area contributed by atoms with E-state index >= 15 is 0 Å². The summed E-state index contributed by atoms with van der Waals surface area (Å²) in [6, 6.07) is 9.79. The topological polar surface area (TPSA) is 49.2 Å². The quantitative estimate of drug-likeness (QED) is 0.738. The van der Waals surface area contributed by atoms with Crippen LogP contribution < -0.4 is 9.47 Å². The molecule has 3 aromatic rings. The number of rotatable bonds is 4. The highest BCUT2D eigenvalue weighted by molar-refractivity contribution is 5.85. The molecule has 2 aromatic heterocycles. The molecular weight excluding hydrogens is 266 g/mol. The van der Waals surface area contributed by atoms with Crippen molar-refractivity contribution in [1.82, 2.24) is 14.8 Å². The number of benzene rings is 1. The molecule has 0 saturated heterocycles. The fourth-order valence-corrected chi connectivity index (χ4v) is 2.22. The average molecular weight is 283 g/mol. The summed E-state index contributed by atoms with van der Waals surface area (Å²) in [6.45, 7) is 2.44. The maximum absolute atomic E-state index is 5.76. The van der Waals surface area contributed by atoms with Crippen molar-refractivity contribution in [3.8, 4) is 11.5 Å². The Kier molecular flexibility index (Phi) is 3.48. The largest absolute Gasteiger partial charge is 0.494 e. The molecule has 0 atom stereocenters. The summed E-state index contributed by atoms with van der Waals surface area (Å²) in [5.41, 5.74) is 2.84. The molecule has 5 heteroatoms. The van der Waals surface area contributed by atoms with Crippen LogP contribution in [0.4, 0.5) is 0 Å². The van der Waals surface area contributed by atoms with Gasteiger partial charge in [-0.1, -0.05) is 12.1 Å². The first-order chi connectivity index (χ1) is 10.2. The Balaban J connectivity index is 1.81. The number of nitrogens with zero attached hydrogens (tertiary/aromatic N) is 3. The Bertz CT molecular complexity index is 761. The van der Waals surface area contributed by atoms with Crippen LogP contribution in [0.3, 0.4) is 0 Å². The molecule has 0 radical (unpaired) electrons. The van der Waals surface area contributed by atoms with E-state index in [9.17, 15) is 0 Å². The third-order valence-electron chi connectivity index (χ3n) is 3.42. The minimum absolute atomic E-state index is 0.429. The van der Waals surface area contributed by atoms with Gasteiger partial charge in [0.2, 0.25) is 0 Å². The van der Waals surface area contributed by atoms with Crippen molar-refractivity contribution in [3.63, 3.8) is 0 Å². The van der Waals surface area contributed by atoms with Gasteiger partial charge in [-0.05, 0) is 25.1 Å². The highest BCUT2D eigenvalue weighted by Gasteiger charge is 2.06. The van der Waals surface area contributed by atoms with E-state index in [-0.39, 0.29) is 0 Å². The van der Waals surface area contributed by atoms with Crippen LogP contribution in [0.15, 0.2) is 36.5 Å². The monoisotopic (exact) mass is 283 g/mol. The highest BCUT2D eigenvalue weighted by atomic mass is 16.5. The zero-order valence-electron chi connectivity index (χ0n) is 12.3. The number of methoxy groups -OCH3 is 1. The van der Waals surface area contributed by atoms with Gasteiger partial charge in [0.15, 0.2) is 0 Å². The molecule has 0 spiro atoms. The van der Waals surface area contributed by atoms with E-state index in [0.29, 0.717) is 6.61 Å². The highest BCUT2D eigenvalue weighted by Crippen LogP contribution is 2.26. The third-order valence-corrected chi connectivity index (χ3v) is 3.42. The molecule has 2 heterocycles. The Labute approximate surface area is 123 Å². The Morgan fingerprint density at radius 3 is 2.81 bits per heavy atom. The average Bonchev–Trinajstić information content (AvgIpc) is 2.83. The predicted molar refractivity (Wildman–Crippen MR) is 80.6 cm³/mol. The third kappa shape index (κ3) is 2.67. The number of aromatic nitrogens is 3. The first kappa shape index (κ1) is 13.4. The minimum Gasteiger partial charge on any atom is -0.494 e. The van der Waals surface area contributed by atoms with Crippen molar-refractivity contribution in [2.24, 2.45) is 7.05 Å². The zero-order chi connectivity index (χ0) is 14.8. The summed E-state index contributed by atoms with van der Waals surface area (Å²) in [6.07, 6.45) is 1.71. The minimum atomic E-state index is 0.429. The van der Waals surface area contributed by atoms with E-state index in [1.54, 1.807) is 13.3 Å². The van der Waals surface area contributed by atoms with E-state index in [1.807, 2.05) is 49.0 Å². The van der Waals surface area contributed by atoms with Crippen molar-refractivity contribution in [2.75, 3.05) is 7.11 Å². The van der Waals surface area contributed by atoms with Crippen LogP contribution in [0, 0.1) is 6.92 Å². The van der Waals surface area contributed by atoms with Crippen molar-refractivity contribution in [1.29, 1.82) is 0 Å². The molecular formula is C16H17N3O2. The summed E-state index contributed by atoms with van der Waals surface area (Å²) >= 11 is 0. The first-order valence-electron chi connectivity index (χ1n) is 6.72. The van der Waals surface area contributed by atoms with E-state index in [0.717, 1.165) is 33.8 Å². The van der Waals surface area contributed by atoms with Crippen LogP contribution in [0.1, 0.15) is 11.4 Å². The molecule has 3 rings (SSSR count). The Morgan fingerprint density at radius 1 is 1.24 bits per heavy atom. The SMILES string of the molecule is COc1cccc2cc(OCc3cc(C)n(C)n3)cnc12. The van der Waals surface area contributed by atoms with Crippen LogP contribution in [0.25, 0.3) is 10.9 Å². The number of para-hydroxylation sites is 1. The molecule has 21 heavy (non-hydrogen) atoms. The Hall–Kier alpha value is -2.56. The van der Waals surface area contributed by atoms with Gasteiger partial charge in [-0.2, -0.15) is 5.10 Å². The van der Waals surface area contributed by atoms with E-state index in [4.69, 9.17) is 9.47 Å². The lowest BCUT2D eigenvalue weighted by molar-refractivity contribution is 0.299.